The third-order valence-corrected chi connectivity index (χ3v) is 13.4. The fraction of sp³-hybridized carbons (Fsp3) is 0.523. The summed E-state index contributed by atoms with van der Waals surface area (Å²) in [4.78, 5) is 66.8. The van der Waals surface area contributed by atoms with Crippen molar-refractivity contribution >= 4 is 50.3 Å². The Morgan fingerprint density at radius 2 is 1.77 bits per heavy atom. The zero-order valence-corrected chi connectivity index (χ0v) is 36.7. The number of anilines is 1. The molecule has 328 valence electrons. The van der Waals surface area contributed by atoms with Gasteiger partial charge in [-0.25, -0.2) is 18.2 Å². The van der Waals surface area contributed by atoms with Gasteiger partial charge in [0, 0.05) is 49.6 Å². The maximum absolute atomic E-state index is 14.8. The van der Waals surface area contributed by atoms with Crippen LogP contribution in [0.5, 0.6) is 11.6 Å². The Labute approximate surface area is 357 Å². The number of carbonyl (C=O) groups is 4. The molecular weight excluding hydrogens is 803 g/mol. The molecule has 1 aromatic heterocycles. The number of sulfonamides is 1. The number of ether oxygens (including phenoxy) is 3. The number of allylic oxidation sites excluding steroid dienone is 1. The molecular formula is C44H57N7O9S. The molecule has 16 nitrogen and oxygen atoms in total. The zero-order valence-electron chi connectivity index (χ0n) is 35.9. The van der Waals surface area contributed by atoms with Crippen molar-refractivity contribution in [2.75, 3.05) is 52.8 Å². The predicted molar refractivity (Wildman–Crippen MR) is 231 cm³/mol. The van der Waals surface area contributed by atoms with Crippen LogP contribution in [0.1, 0.15) is 59.3 Å². The van der Waals surface area contributed by atoms with E-state index in [1.807, 2.05) is 85.6 Å². The lowest BCUT2D eigenvalue weighted by atomic mass is 10.1. The van der Waals surface area contributed by atoms with Gasteiger partial charge in [0.15, 0.2) is 0 Å². The molecule has 0 spiro atoms. The Bertz CT molecular complexity index is 2310. The van der Waals surface area contributed by atoms with Crippen LogP contribution in [-0.4, -0.2) is 129 Å². The minimum atomic E-state index is -3.92. The van der Waals surface area contributed by atoms with Gasteiger partial charge in [0.2, 0.25) is 27.7 Å². The number of nitrogens with one attached hydrogen (secondary N) is 3. The highest BCUT2D eigenvalue weighted by Crippen LogP contribution is 2.46. The molecule has 61 heavy (non-hydrogen) atoms. The summed E-state index contributed by atoms with van der Waals surface area (Å²) in [6.07, 6.45) is 4.68. The van der Waals surface area contributed by atoms with Crippen molar-refractivity contribution in [3.8, 4) is 22.9 Å². The molecule has 0 bridgehead atoms. The van der Waals surface area contributed by atoms with E-state index in [0.717, 1.165) is 16.6 Å². The van der Waals surface area contributed by atoms with Gasteiger partial charge < -0.3 is 39.5 Å². The molecule has 4 amide bonds. The van der Waals surface area contributed by atoms with E-state index in [0.29, 0.717) is 49.1 Å². The van der Waals surface area contributed by atoms with Crippen LogP contribution < -0.4 is 29.7 Å². The van der Waals surface area contributed by atoms with Gasteiger partial charge in [-0.05, 0) is 108 Å². The van der Waals surface area contributed by atoms with Crippen molar-refractivity contribution in [2.24, 2.45) is 5.92 Å². The monoisotopic (exact) mass is 859 g/mol. The summed E-state index contributed by atoms with van der Waals surface area (Å²) < 4.78 is 46.0. The van der Waals surface area contributed by atoms with Gasteiger partial charge in [0.05, 0.1) is 24.6 Å². The first-order chi connectivity index (χ1) is 28.9. The van der Waals surface area contributed by atoms with Crippen LogP contribution in [-0.2, 0) is 29.1 Å². The number of benzene rings is 2. The molecule has 2 aliphatic carbocycles. The minimum Gasteiger partial charge on any atom is -0.497 e. The van der Waals surface area contributed by atoms with E-state index in [-0.39, 0.29) is 31.8 Å². The lowest BCUT2D eigenvalue weighted by Gasteiger charge is -2.32. The van der Waals surface area contributed by atoms with Crippen LogP contribution in [0, 0.1) is 5.92 Å². The molecule has 3 heterocycles. The number of methoxy groups -OCH3 is 1. The number of rotatable bonds is 9. The second-order valence-corrected chi connectivity index (χ2v) is 19.8. The first kappa shape index (κ1) is 43.7. The first-order valence-corrected chi connectivity index (χ1v) is 22.4. The number of likely N-dealkylation sites (N-methyl/N-ethyl adjacent to an activating group) is 1. The normalized spacial score (nSPS) is 25.5. The number of hydrogen-bond acceptors (Lipinski definition) is 12. The zero-order chi connectivity index (χ0) is 43.9. The van der Waals surface area contributed by atoms with E-state index in [2.05, 4.69) is 15.4 Å². The lowest BCUT2D eigenvalue weighted by Crippen LogP contribution is -2.59. The maximum Gasteiger partial charge on any atom is 0.408 e. The highest BCUT2D eigenvalue weighted by molar-refractivity contribution is 7.91. The van der Waals surface area contributed by atoms with Crippen LogP contribution >= 0.6 is 0 Å². The van der Waals surface area contributed by atoms with Crippen LogP contribution in [0.25, 0.3) is 22.0 Å². The number of hydrogen-bond donors (Lipinski definition) is 3. The third-order valence-electron chi connectivity index (χ3n) is 11.5. The van der Waals surface area contributed by atoms with Crippen molar-refractivity contribution in [2.45, 2.75) is 93.9 Å². The van der Waals surface area contributed by atoms with Crippen molar-refractivity contribution in [3.63, 3.8) is 0 Å². The van der Waals surface area contributed by atoms with E-state index >= 15 is 0 Å². The minimum absolute atomic E-state index is 0.00619. The van der Waals surface area contributed by atoms with Crippen molar-refractivity contribution in [1.82, 2.24) is 30.1 Å². The Morgan fingerprint density at radius 3 is 2.44 bits per heavy atom. The molecule has 0 radical (unpaired) electrons. The van der Waals surface area contributed by atoms with Crippen molar-refractivity contribution in [3.05, 3.63) is 60.7 Å². The number of fused-ring (bicyclic) bond motifs is 3. The van der Waals surface area contributed by atoms with Crippen LogP contribution in [0.3, 0.4) is 0 Å². The molecule has 3 aromatic rings. The number of nitrogens with zero attached hydrogens (tertiary/aromatic N) is 4. The second kappa shape index (κ2) is 17.2. The molecule has 17 heteroatoms. The highest BCUT2D eigenvalue weighted by Gasteiger charge is 2.62. The molecule has 5 atom stereocenters. The van der Waals surface area contributed by atoms with E-state index in [9.17, 15) is 27.6 Å². The molecule has 7 rings (SSSR count). The van der Waals surface area contributed by atoms with Crippen molar-refractivity contribution in [1.29, 1.82) is 0 Å². The Balaban J connectivity index is 1.25. The summed E-state index contributed by atoms with van der Waals surface area (Å²) in [5.41, 5.74) is 0.110. The van der Waals surface area contributed by atoms with E-state index in [4.69, 9.17) is 19.2 Å². The number of carbonyl (C=O) groups excluding carboxylic acids is 4. The molecule has 2 saturated carbocycles. The van der Waals surface area contributed by atoms with Crippen LogP contribution in [0.15, 0.2) is 60.7 Å². The van der Waals surface area contributed by atoms with E-state index < -0.39 is 74.3 Å². The predicted octanol–water partition coefficient (Wildman–Crippen LogP) is 3.98. The molecule has 3 fully saturated rings. The topological polar surface area (TPSA) is 189 Å². The van der Waals surface area contributed by atoms with Gasteiger partial charge in [-0.15, -0.1) is 0 Å². The van der Waals surface area contributed by atoms with Gasteiger partial charge in [0.1, 0.15) is 35.1 Å². The second-order valence-electron chi connectivity index (χ2n) is 17.8. The van der Waals surface area contributed by atoms with Gasteiger partial charge in [-0.2, -0.15) is 0 Å². The molecule has 4 aliphatic rings. The number of alkyl carbamates (subject to hydrolysis) is 1. The van der Waals surface area contributed by atoms with Gasteiger partial charge in [0.25, 0.3) is 5.91 Å². The molecule has 3 N–H and O–H groups in total. The number of aromatic nitrogens is 1. The van der Waals surface area contributed by atoms with Gasteiger partial charge in [-0.3, -0.25) is 19.1 Å². The smallest absolute Gasteiger partial charge is 0.408 e. The number of amides is 4. The number of pyridine rings is 1. The summed E-state index contributed by atoms with van der Waals surface area (Å²) in [6.45, 7) is 5.80. The molecule has 1 saturated heterocycles. The summed E-state index contributed by atoms with van der Waals surface area (Å²) >= 11 is 0. The SMILES string of the molecule is COc1ccc2c(OC3C[C@H]4C(=O)N[C@]5(C(=O)NS(=O)(=O)C6CC6)C[C@H]5/C=C\CCCN(C)C[C@H](NC(=O)OC(C)(C)C)C(=O)N4C3)nc(-c3ccc(N(C)C)cc3)cc2c1. The Hall–Kier alpha value is -5.42. The fourth-order valence-corrected chi connectivity index (χ4v) is 9.34. The molecule has 2 aliphatic heterocycles. The molecule has 1 unspecified atom stereocenters. The Kier molecular flexibility index (Phi) is 12.3. The van der Waals surface area contributed by atoms with Crippen LogP contribution in [0.2, 0.25) is 0 Å². The van der Waals surface area contributed by atoms with Crippen molar-refractivity contribution < 1.29 is 41.8 Å². The standard InChI is InChI=1S/C44H57N7O9S/c1-43(2,3)60-42(55)46-36-26-50(6)20-10-8-9-11-29-24-44(29,41(54)48-61(56,57)33-17-18-33)47-38(52)37-23-32(25-51(37)40(36)53)59-39-34-19-16-31(58-7)21-28(34)22-35(45-39)27-12-14-30(15-13-27)49(4)5/h9,11-16,19,21-22,29,32-33,36-37H,8,10,17-18,20,23-26H2,1-7H3,(H,46,55)(H,47,52)(H,48,54)/b11-9-/t29-,32?,36+,37+,44-/m1/s1. The highest BCUT2D eigenvalue weighted by atomic mass is 32.2. The summed E-state index contributed by atoms with van der Waals surface area (Å²) in [7, 11) is 3.44. The van der Waals surface area contributed by atoms with E-state index in [1.165, 1.54) is 4.90 Å². The summed E-state index contributed by atoms with van der Waals surface area (Å²) in [5.74, 6) is -1.54. The van der Waals surface area contributed by atoms with Gasteiger partial charge >= 0.3 is 6.09 Å². The third kappa shape index (κ3) is 10.0. The largest absolute Gasteiger partial charge is 0.497 e. The van der Waals surface area contributed by atoms with Gasteiger partial charge in [-0.1, -0.05) is 24.3 Å². The average Bonchev–Trinajstić information content (AvgIpc) is 4.13. The summed E-state index contributed by atoms with van der Waals surface area (Å²) in [6, 6.07) is 13.1. The fourth-order valence-electron chi connectivity index (χ4n) is 7.98. The van der Waals surface area contributed by atoms with Crippen LogP contribution in [0.4, 0.5) is 10.5 Å². The van der Waals surface area contributed by atoms with E-state index in [1.54, 1.807) is 33.9 Å². The first-order valence-electron chi connectivity index (χ1n) is 20.8. The summed E-state index contributed by atoms with van der Waals surface area (Å²) in [5, 5.41) is 6.49. The Morgan fingerprint density at radius 1 is 1.03 bits per heavy atom. The molecule has 2 aromatic carbocycles. The average molecular weight is 860 g/mol. The maximum atomic E-state index is 14.8. The lowest BCUT2D eigenvalue weighted by molar-refractivity contribution is -0.141. The quantitative estimate of drug-likeness (QED) is 0.263.